The van der Waals surface area contributed by atoms with Crippen LogP contribution in [0.25, 0.3) is 23.8 Å². The number of rotatable bonds is 4. The number of para-hydroxylation sites is 1. The molecule has 0 radical (unpaired) electrons. The van der Waals surface area contributed by atoms with E-state index in [-0.39, 0.29) is 0 Å². The van der Waals surface area contributed by atoms with E-state index >= 15 is 0 Å². The Hall–Kier alpha value is -3.91. The zero-order valence-electron chi connectivity index (χ0n) is 15.9. The van der Waals surface area contributed by atoms with Crippen LogP contribution in [0.15, 0.2) is 108 Å². The van der Waals surface area contributed by atoms with Crippen molar-refractivity contribution >= 4 is 35.2 Å². The number of nitrogens with zero attached hydrogens (tertiary/aromatic N) is 1. The molecule has 5 rings (SSSR count). The number of hydrogen-bond acceptors (Lipinski definition) is 2. The molecule has 1 N–H and O–H groups in total. The predicted molar refractivity (Wildman–Crippen MR) is 124 cm³/mol. The van der Waals surface area contributed by atoms with E-state index in [0.717, 1.165) is 17.0 Å². The van der Waals surface area contributed by atoms with Crippen molar-refractivity contribution in [2.45, 2.75) is 0 Å². The number of nitrogens with one attached hydrogen (secondary N) is 1. The maximum absolute atomic E-state index is 4.73. The molecule has 0 aromatic heterocycles. The number of hydrazone groups is 1. The Morgan fingerprint density at radius 2 is 1.52 bits per heavy atom. The zero-order valence-corrected chi connectivity index (χ0v) is 15.9. The minimum atomic E-state index is 0.945. The fourth-order valence-corrected chi connectivity index (χ4v) is 3.68. The third kappa shape index (κ3) is 3.48. The molecule has 3 aromatic carbocycles. The van der Waals surface area contributed by atoms with E-state index in [1.165, 1.54) is 27.8 Å². The molecule has 2 aliphatic carbocycles. The number of benzene rings is 3. The second kappa shape index (κ2) is 7.61. The summed E-state index contributed by atoms with van der Waals surface area (Å²) in [5, 5.41) is 4.73. The highest BCUT2D eigenvalue weighted by Gasteiger charge is 2.22. The van der Waals surface area contributed by atoms with Crippen LogP contribution in [0, 0.1) is 0 Å². The summed E-state index contributed by atoms with van der Waals surface area (Å²) in [4.78, 5) is 0. The van der Waals surface area contributed by atoms with Crippen LogP contribution in [0.1, 0.15) is 22.3 Å². The van der Waals surface area contributed by atoms with Crippen molar-refractivity contribution in [3.8, 4) is 0 Å². The van der Waals surface area contributed by atoms with E-state index in [2.05, 4.69) is 90.4 Å². The zero-order chi connectivity index (χ0) is 19.5. The van der Waals surface area contributed by atoms with Crippen molar-refractivity contribution in [3.05, 3.63) is 125 Å². The van der Waals surface area contributed by atoms with Gasteiger partial charge in [-0.2, -0.15) is 5.10 Å². The normalized spacial score (nSPS) is 15.8. The van der Waals surface area contributed by atoms with Gasteiger partial charge in [0.05, 0.1) is 11.4 Å². The number of anilines is 1. The highest BCUT2D eigenvalue weighted by Crippen LogP contribution is 2.38. The van der Waals surface area contributed by atoms with Crippen molar-refractivity contribution in [1.29, 1.82) is 0 Å². The van der Waals surface area contributed by atoms with E-state index in [1.54, 1.807) is 0 Å². The summed E-state index contributed by atoms with van der Waals surface area (Å²) in [5.74, 6) is 0. The lowest BCUT2D eigenvalue weighted by Gasteiger charge is -2.12. The maximum atomic E-state index is 4.73. The highest BCUT2D eigenvalue weighted by molar-refractivity contribution is 6.26. The van der Waals surface area contributed by atoms with Gasteiger partial charge in [-0.1, -0.05) is 97.1 Å². The topological polar surface area (TPSA) is 24.4 Å². The van der Waals surface area contributed by atoms with E-state index in [9.17, 15) is 0 Å². The van der Waals surface area contributed by atoms with Gasteiger partial charge in [0.15, 0.2) is 0 Å². The van der Waals surface area contributed by atoms with Gasteiger partial charge in [-0.15, -0.1) is 0 Å². The second-order valence-electron chi connectivity index (χ2n) is 7.02. The average Bonchev–Trinajstić information content (AvgIpc) is 3.17. The molecule has 29 heavy (non-hydrogen) atoms. The summed E-state index contributed by atoms with van der Waals surface area (Å²) in [6.45, 7) is 0. The smallest absolute Gasteiger partial charge is 0.0912 e. The van der Waals surface area contributed by atoms with Crippen molar-refractivity contribution in [2.75, 3.05) is 5.43 Å². The summed E-state index contributed by atoms with van der Waals surface area (Å²) in [6, 6.07) is 27.0. The summed E-state index contributed by atoms with van der Waals surface area (Å²) in [7, 11) is 0. The fourth-order valence-electron chi connectivity index (χ4n) is 3.68. The van der Waals surface area contributed by atoms with Gasteiger partial charge >= 0.3 is 0 Å². The highest BCUT2D eigenvalue weighted by atomic mass is 15.3. The Kier molecular flexibility index (Phi) is 4.51. The minimum absolute atomic E-state index is 0.945. The molecule has 0 amide bonds. The fraction of sp³-hybridized carbons (Fsp3) is 0. The van der Waals surface area contributed by atoms with E-state index < -0.39 is 0 Å². The molecule has 0 aliphatic heterocycles. The van der Waals surface area contributed by atoms with Gasteiger partial charge in [0.1, 0.15) is 0 Å². The Labute approximate surface area is 170 Å². The molecule has 0 bridgehead atoms. The third-order valence-corrected chi connectivity index (χ3v) is 5.15. The predicted octanol–water partition coefficient (Wildman–Crippen LogP) is 6.68. The summed E-state index contributed by atoms with van der Waals surface area (Å²) in [5.41, 5.74) is 12.4. The molecule has 0 saturated heterocycles. The largest absolute Gasteiger partial charge is 0.277 e. The first-order valence-electron chi connectivity index (χ1n) is 9.74. The monoisotopic (exact) mass is 372 g/mol. The maximum Gasteiger partial charge on any atom is 0.0912 e. The first-order chi connectivity index (χ1) is 14.4. The van der Waals surface area contributed by atoms with E-state index in [4.69, 9.17) is 5.10 Å². The Bertz CT molecular complexity index is 1210. The van der Waals surface area contributed by atoms with Crippen LogP contribution >= 0.6 is 0 Å². The Morgan fingerprint density at radius 1 is 0.724 bits per heavy atom. The third-order valence-electron chi connectivity index (χ3n) is 5.15. The first kappa shape index (κ1) is 17.2. The lowest BCUT2D eigenvalue weighted by Crippen LogP contribution is -2.06. The SMILES string of the molecule is C1=CC(=NNc2ccccc2C=Cc2ccccc2)C2=Cc3ccccc3C2=C1. The molecule has 0 atom stereocenters. The van der Waals surface area contributed by atoms with Gasteiger partial charge in [0.2, 0.25) is 0 Å². The molecule has 0 spiro atoms. The lowest BCUT2D eigenvalue weighted by atomic mass is 9.96. The van der Waals surface area contributed by atoms with Crippen LogP contribution in [-0.2, 0) is 0 Å². The van der Waals surface area contributed by atoms with Crippen LogP contribution in [0.4, 0.5) is 5.69 Å². The minimum Gasteiger partial charge on any atom is -0.277 e. The Balaban J connectivity index is 1.41. The van der Waals surface area contributed by atoms with Crippen molar-refractivity contribution in [3.63, 3.8) is 0 Å². The molecule has 138 valence electrons. The van der Waals surface area contributed by atoms with Crippen LogP contribution in [0.2, 0.25) is 0 Å². The van der Waals surface area contributed by atoms with E-state index in [0.29, 0.717) is 0 Å². The van der Waals surface area contributed by atoms with Crippen molar-refractivity contribution in [1.82, 2.24) is 0 Å². The van der Waals surface area contributed by atoms with Crippen LogP contribution in [-0.4, -0.2) is 5.71 Å². The van der Waals surface area contributed by atoms with Gasteiger partial charge < -0.3 is 0 Å². The van der Waals surface area contributed by atoms with E-state index in [1.807, 2.05) is 30.3 Å². The van der Waals surface area contributed by atoms with Gasteiger partial charge in [0, 0.05) is 5.57 Å². The molecular weight excluding hydrogens is 352 g/mol. The Morgan fingerprint density at radius 3 is 2.45 bits per heavy atom. The summed E-state index contributed by atoms with van der Waals surface area (Å²) < 4.78 is 0. The second-order valence-corrected chi connectivity index (χ2v) is 7.02. The van der Waals surface area contributed by atoms with Crippen molar-refractivity contribution in [2.24, 2.45) is 5.10 Å². The van der Waals surface area contributed by atoms with Crippen LogP contribution in [0.5, 0.6) is 0 Å². The summed E-state index contributed by atoms with van der Waals surface area (Å²) in [6.07, 6.45) is 12.7. The first-order valence-corrected chi connectivity index (χ1v) is 9.74. The summed E-state index contributed by atoms with van der Waals surface area (Å²) >= 11 is 0. The van der Waals surface area contributed by atoms with Gasteiger partial charge in [-0.05, 0) is 46.0 Å². The molecule has 0 unspecified atom stereocenters. The average molecular weight is 372 g/mol. The molecule has 0 fully saturated rings. The quantitative estimate of drug-likeness (QED) is 0.401. The molecule has 0 saturated carbocycles. The van der Waals surface area contributed by atoms with Gasteiger partial charge in [-0.3, -0.25) is 5.43 Å². The van der Waals surface area contributed by atoms with Gasteiger partial charge in [0.25, 0.3) is 0 Å². The number of fused-ring (bicyclic) bond motifs is 3. The number of hydrogen-bond donors (Lipinski definition) is 1. The van der Waals surface area contributed by atoms with Gasteiger partial charge in [-0.25, -0.2) is 0 Å². The molecule has 2 nitrogen and oxygen atoms in total. The standard InChI is InChI=1S/C27H20N2/c1-2-9-20(10-3-1)17-18-21-11-5-7-15-26(21)28-29-27-16-8-14-24-23-13-6-4-12-22(23)19-25(24)27/h1-19,28H. The molecular formula is C27H20N2. The molecule has 2 heteroatoms. The van der Waals surface area contributed by atoms with Crippen LogP contribution < -0.4 is 5.43 Å². The number of allylic oxidation sites excluding steroid dienone is 5. The molecule has 2 aliphatic rings. The van der Waals surface area contributed by atoms with Crippen molar-refractivity contribution < 1.29 is 0 Å². The van der Waals surface area contributed by atoms with Crippen LogP contribution in [0.3, 0.4) is 0 Å². The molecule has 0 heterocycles. The molecule has 3 aromatic rings. The lowest BCUT2D eigenvalue weighted by molar-refractivity contribution is 1.33.